The maximum Gasteiger partial charge on any atom is 0.154 e. The summed E-state index contributed by atoms with van der Waals surface area (Å²) in [4.78, 5) is 0. The van der Waals surface area contributed by atoms with Gasteiger partial charge < -0.3 is 4.74 Å². The summed E-state index contributed by atoms with van der Waals surface area (Å²) in [5, 5.41) is 0. The van der Waals surface area contributed by atoms with Crippen LogP contribution >= 0.6 is 0 Å². The van der Waals surface area contributed by atoms with Crippen LogP contribution in [0.25, 0.3) is 0 Å². The molecule has 1 heterocycles. The van der Waals surface area contributed by atoms with Crippen molar-refractivity contribution in [2.45, 2.75) is 79.7 Å². The maximum absolute atomic E-state index is 6.71. The highest BCUT2D eigenvalue weighted by atomic mass is 16.5. The first-order valence-corrected chi connectivity index (χ1v) is 8.46. The van der Waals surface area contributed by atoms with Crippen molar-refractivity contribution in [2.24, 2.45) is 29.6 Å². The lowest BCUT2D eigenvalue weighted by Crippen LogP contribution is -2.41. The second-order valence-corrected chi connectivity index (χ2v) is 7.67. The highest BCUT2D eigenvalue weighted by molar-refractivity contribution is 6.35. The Morgan fingerprint density at radius 1 is 1.05 bits per heavy atom. The average Bonchev–Trinajstić information content (AvgIpc) is 2.63. The summed E-state index contributed by atoms with van der Waals surface area (Å²) in [6.45, 7) is 18.8. The van der Waals surface area contributed by atoms with E-state index in [2.05, 4.69) is 55.3 Å². The van der Waals surface area contributed by atoms with Gasteiger partial charge in [0.2, 0.25) is 0 Å². The van der Waals surface area contributed by atoms with Crippen LogP contribution in [0.5, 0.6) is 0 Å². The lowest BCUT2D eigenvalue weighted by molar-refractivity contribution is -0.0617. The molecule has 1 aliphatic rings. The zero-order valence-corrected chi connectivity index (χ0v) is 14.5. The molecule has 0 bridgehead atoms. The lowest BCUT2D eigenvalue weighted by Gasteiger charge is -2.40. The van der Waals surface area contributed by atoms with Crippen molar-refractivity contribution in [3.05, 3.63) is 0 Å². The van der Waals surface area contributed by atoms with Crippen molar-refractivity contribution >= 4 is 7.28 Å². The molecule has 0 aromatic heterocycles. The van der Waals surface area contributed by atoms with E-state index < -0.39 is 0 Å². The quantitative estimate of drug-likeness (QED) is 0.640. The Hall–Kier alpha value is 0.0249. The minimum atomic E-state index is 0.123. The van der Waals surface area contributed by atoms with E-state index in [0.29, 0.717) is 23.8 Å². The summed E-state index contributed by atoms with van der Waals surface area (Å²) in [6, 6.07) is 0.464. The predicted octanol–water partition coefficient (Wildman–Crippen LogP) is 4.57. The molecule has 0 N–H and O–H groups in total. The van der Waals surface area contributed by atoms with Crippen LogP contribution < -0.4 is 0 Å². The van der Waals surface area contributed by atoms with Crippen LogP contribution in [0.1, 0.15) is 61.3 Å². The Bertz CT molecular complexity index is 274. The Morgan fingerprint density at radius 3 is 1.95 bits per heavy atom. The first-order chi connectivity index (χ1) is 8.79. The third kappa shape index (κ3) is 3.38. The molecule has 0 spiro atoms. The minimum Gasteiger partial charge on any atom is -0.380 e. The first-order valence-electron chi connectivity index (χ1n) is 8.46. The standard InChI is InChI=1S/C17H35BO/c1-9-17(10-11(2)3)15(13(6)7)14(12(4)5)16(18-8)19-17/h11-16,18H,9-10H2,1-8H3. The van der Waals surface area contributed by atoms with Crippen molar-refractivity contribution in [3.63, 3.8) is 0 Å². The van der Waals surface area contributed by atoms with Crippen molar-refractivity contribution < 1.29 is 4.74 Å². The van der Waals surface area contributed by atoms with Gasteiger partial charge in [-0.2, -0.15) is 0 Å². The Morgan fingerprint density at radius 2 is 1.63 bits per heavy atom. The number of ether oxygens (including phenoxy) is 1. The fourth-order valence-electron chi connectivity index (χ4n) is 4.63. The molecule has 0 aliphatic carbocycles. The zero-order valence-electron chi connectivity index (χ0n) is 14.5. The van der Waals surface area contributed by atoms with E-state index in [1.165, 1.54) is 6.42 Å². The fourth-order valence-corrected chi connectivity index (χ4v) is 4.63. The van der Waals surface area contributed by atoms with Gasteiger partial charge in [0.25, 0.3) is 0 Å². The molecule has 1 aliphatic heterocycles. The normalized spacial score (nSPS) is 35.6. The molecule has 0 saturated carbocycles. The second kappa shape index (κ2) is 6.65. The molecule has 1 nitrogen and oxygen atoms in total. The molecule has 0 aromatic rings. The average molecular weight is 266 g/mol. The van der Waals surface area contributed by atoms with Gasteiger partial charge in [-0.3, -0.25) is 0 Å². The minimum absolute atomic E-state index is 0.123. The molecular formula is C17H35BO. The van der Waals surface area contributed by atoms with Crippen LogP contribution in [0.4, 0.5) is 0 Å². The Labute approximate surface area is 122 Å². The van der Waals surface area contributed by atoms with Crippen molar-refractivity contribution in [1.82, 2.24) is 0 Å². The second-order valence-electron chi connectivity index (χ2n) is 7.67. The summed E-state index contributed by atoms with van der Waals surface area (Å²) in [7, 11) is 1.16. The molecular weight excluding hydrogens is 231 g/mol. The van der Waals surface area contributed by atoms with Crippen molar-refractivity contribution in [3.8, 4) is 0 Å². The van der Waals surface area contributed by atoms with E-state index in [9.17, 15) is 0 Å². The molecule has 4 atom stereocenters. The highest BCUT2D eigenvalue weighted by Crippen LogP contribution is 2.51. The van der Waals surface area contributed by atoms with Gasteiger partial charge in [0, 0.05) is 6.00 Å². The monoisotopic (exact) mass is 266 g/mol. The summed E-state index contributed by atoms with van der Waals surface area (Å²) in [5.41, 5.74) is 0.123. The van der Waals surface area contributed by atoms with Crippen LogP contribution in [-0.2, 0) is 4.74 Å². The summed E-state index contributed by atoms with van der Waals surface area (Å²) in [5.74, 6) is 3.58. The SMILES string of the molecule is CBC1OC(CC)(CC(C)C)C(C(C)C)C1C(C)C. The molecule has 1 saturated heterocycles. The lowest BCUT2D eigenvalue weighted by atomic mass is 9.59. The molecule has 4 unspecified atom stereocenters. The molecule has 0 amide bonds. The van der Waals surface area contributed by atoms with Gasteiger partial charge in [0.05, 0.1) is 5.60 Å². The van der Waals surface area contributed by atoms with Gasteiger partial charge in [-0.1, -0.05) is 55.3 Å². The van der Waals surface area contributed by atoms with E-state index in [1.807, 2.05) is 0 Å². The van der Waals surface area contributed by atoms with E-state index in [1.54, 1.807) is 0 Å². The topological polar surface area (TPSA) is 9.23 Å². The number of rotatable bonds is 6. The van der Waals surface area contributed by atoms with E-state index in [0.717, 1.165) is 25.5 Å². The first kappa shape index (κ1) is 17.1. The van der Waals surface area contributed by atoms with Gasteiger partial charge >= 0.3 is 0 Å². The van der Waals surface area contributed by atoms with E-state index >= 15 is 0 Å². The Balaban J connectivity index is 3.15. The third-order valence-electron chi connectivity index (χ3n) is 5.08. The largest absolute Gasteiger partial charge is 0.380 e. The molecule has 19 heavy (non-hydrogen) atoms. The van der Waals surface area contributed by atoms with E-state index in [-0.39, 0.29) is 5.60 Å². The third-order valence-corrected chi connectivity index (χ3v) is 5.08. The summed E-state index contributed by atoms with van der Waals surface area (Å²) in [6.07, 6.45) is 2.37. The van der Waals surface area contributed by atoms with Crippen LogP contribution in [-0.4, -0.2) is 18.9 Å². The van der Waals surface area contributed by atoms with Gasteiger partial charge in [0.1, 0.15) is 0 Å². The van der Waals surface area contributed by atoms with Crippen LogP contribution in [0.3, 0.4) is 0 Å². The van der Waals surface area contributed by atoms with Gasteiger partial charge in [-0.25, -0.2) is 0 Å². The van der Waals surface area contributed by atoms with Gasteiger partial charge in [0.15, 0.2) is 7.28 Å². The molecule has 0 radical (unpaired) electrons. The zero-order chi connectivity index (χ0) is 14.8. The van der Waals surface area contributed by atoms with Crippen molar-refractivity contribution in [1.29, 1.82) is 0 Å². The molecule has 1 rings (SSSR count). The summed E-state index contributed by atoms with van der Waals surface area (Å²) >= 11 is 0. The fraction of sp³-hybridized carbons (Fsp3) is 1.00. The number of hydrogen-bond acceptors (Lipinski definition) is 1. The molecule has 112 valence electrons. The van der Waals surface area contributed by atoms with Crippen LogP contribution in [0.15, 0.2) is 0 Å². The molecule has 0 aromatic carbocycles. The van der Waals surface area contributed by atoms with Crippen LogP contribution in [0.2, 0.25) is 6.82 Å². The molecule has 2 heteroatoms. The van der Waals surface area contributed by atoms with E-state index in [4.69, 9.17) is 4.74 Å². The molecule has 1 fully saturated rings. The maximum atomic E-state index is 6.71. The predicted molar refractivity (Wildman–Crippen MR) is 87.0 cm³/mol. The summed E-state index contributed by atoms with van der Waals surface area (Å²) < 4.78 is 6.71. The van der Waals surface area contributed by atoms with Crippen LogP contribution in [0, 0.1) is 29.6 Å². The van der Waals surface area contributed by atoms with Crippen molar-refractivity contribution in [2.75, 3.05) is 0 Å². The van der Waals surface area contributed by atoms with Gasteiger partial charge in [-0.15, -0.1) is 0 Å². The van der Waals surface area contributed by atoms with Gasteiger partial charge in [-0.05, 0) is 42.4 Å². The smallest absolute Gasteiger partial charge is 0.154 e. The Kier molecular flexibility index (Phi) is 5.98. The number of hydrogen-bond donors (Lipinski definition) is 0. The highest BCUT2D eigenvalue weighted by Gasteiger charge is 2.54.